The molecule has 1 saturated heterocycles. The van der Waals surface area contributed by atoms with Gasteiger partial charge in [0.25, 0.3) is 0 Å². The van der Waals surface area contributed by atoms with Crippen LogP contribution in [0.3, 0.4) is 0 Å². The van der Waals surface area contributed by atoms with Gasteiger partial charge in [-0.3, -0.25) is 0 Å². The van der Waals surface area contributed by atoms with E-state index in [1.807, 2.05) is 0 Å². The van der Waals surface area contributed by atoms with E-state index in [-0.39, 0.29) is 84.7 Å². The molecule has 0 spiro atoms. The predicted molar refractivity (Wildman–Crippen MR) is 145 cm³/mol. The number of hydrogen-bond donors (Lipinski definition) is 6. The molecule has 6 N–H and O–H groups in total. The van der Waals surface area contributed by atoms with Crippen LogP contribution in [0.25, 0.3) is 0 Å². The molecule has 1 heterocycles. The molecule has 1 aliphatic rings. The second-order valence-corrected chi connectivity index (χ2v) is 13.2. The largest absolute Gasteiger partial charge is 0.396 e. The van der Waals surface area contributed by atoms with Crippen molar-refractivity contribution in [3.05, 3.63) is 0 Å². The van der Waals surface area contributed by atoms with E-state index in [9.17, 15) is 30.6 Å². The third-order valence-corrected chi connectivity index (χ3v) is 7.46. The molecule has 39 heavy (non-hydrogen) atoms. The van der Waals surface area contributed by atoms with Crippen molar-refractivity contribution in [1.29, 1.82) is 0 Å². The van der Waals surface area contributed by atoms with Gasteiger partial charge in [-0.25, -0.2) is 0 Å². The Morgan fingerprint density at radius 3 is 1.28 bits per heavy atom. The van der Waals surface area contributed by atoms with E-state index in [0.29, 0.717) is 32.8 Å². The maximum atomic E-state index is 9.68. The van der Waals surface area contributed by atoms with Gasteiger partial charge in [-0.15, -0.1) is 0 Å². The summed E-state index contributed by atoms with van der Waals surface area (Å²) in [6, 6.07) is 0. The van der Waals surface area contributed by atoms with Crippen LogP contribution < -0.4 is 0 Å². The zero-order chi connectivity index (χ0) is 29.5. The van der Waals surface area contributed by atoms with Gasteiger partial charge in [-0.2, -0.15) is 0 Å². The monoisotopic (exact) mass is 568 g/mol. The Kier molecular flexibility index (Phi) is 16.4. The summed E-state index contributed by atoms with van der Waals surface area (Å²) >= 11 is 0. The predicted octanol–water partition coefficient (Wildman–Crippen LogP) is 0.219. The fraction of sp³-hybridized carbons (Fsp3) is 1.00. The van der Waals surface area contributed by atoms with Crippen LogP contribution in [0.4, 0.5) is 0 Å². The van der Waals surface area contributed by atoms with Crippen LogP contribution in [-0.4, -0.2) is 136 Å². The van der Waals surface area contributed by atoms with Gasteiger partial charge < -0.3 is 54.3 Å². The lowest BCUT2D eigenvalue weighted by atomic mass is 9.84. The van der Waals surface area contributed by atoms with Crippen LogP contribution in [0.1, 0.15) is 47.0 Å². The molecule has 0 aromatic heterocycles. The minimum absolute atomic E-state index is 0.0868. The lowest BCUT2D eigenvalue weighted by molar-refractivity contribution is -0.138. The standard InChI is InChI=1S/C28H56O11/c1-24(9-29,10-30)15-37-21-28(22-38-16-25(2,11-31)12-32,23-39-17-26(3,13-33)14-34)7-5-6-8-35-18-27(4)19-36-20-27/h29-34H,5-23H2,1-4H3. The van der Waals surface area contributed by atoms with Crippen LogP contribution in [0.15, 0.2) is 0 Å². The molecule has 0 radical (unpaired) electrons. The number of unbranched alkanes of at least 4 members (excludes halogenated alkanes) is 1. The fourth-order valence-electron chi connectivity index (χ4n) is 3.86. The van der Waals surface area contributed by atoms with Crippen molar-refractivity contribution in [2.45, 2.75) is 47.0 Å². The average Bonchev–Trinajstić information content (AvgIpc) is 2.93. The molecule has 0 amide bonds. The van der Waals surface area contributed by atoms with Crippen molar-refractivity contribution in [1.82, 2.24) is 0 Å². The molecule has 0 aromatic rings. The highest BCUT2D eigenvalue weighted by molar-refractivity contribution is 4.83. The lowest BCUT2D eigenvalue weighted by Crippen LogP contribution is -2.43. The highest BCUT2D eigenvalue weighted by atomic mass is 16.5. The highest BCUT2D eigenvalue weighted by Crippen LogP contribution is 2.31. The van der Waals surface area contributed by atoms with Gasteiger partial charge in [0.2, 0.25) is 0 Å². The quantitative estimate of drug-likeness (QED) is 0.0834. The van der Waals surface area contributed by atoms with Crippen LogP contribution in [0.5, 0.6) is 0 Å². The summed E-state index contributed by atoms with van der Waals surface area (Å²) in [7, 11) is 0. The molecule has 0 bridgehead atoms. The molecular weight excluding hydrogens is 512 g/mol. The molecule has 11 nitrogen and oxygen atoms in total. The van der Waals surface area contributed by atoms with Crippen LogP contribution >= 0.6 is 0 Å². The molecule has 0 atom stereocenters. The van der Waals surface area contributed by atoms with Crippen LogP contribution in [0.2, 0.25) is 0 Å². The van der Waals surface area contributed by atoms with E-state index in [2.05, 4.69) is 6.92 Å². The summed E-state index contributed by atoms with van der Waals surface area (Å²) in [6.07, 6.45) is 2.24. The second-order valence-electron chi connectivity index (χ2n) is 13.2. The second kappa shape index (κ2) is 17.5. The molecule has 11 heteroatoms. The average molecular weight is 569 g/mol. The summed E-state index contributed by atoms with van der Waals surface area (Å²) in [6.45, 7) is 9.61. The Hall–Kier alpha value is -0.440. The van der Waals surface area contributed by atoms with Gasteiger partial charge in [0.15, 0.2) is 0 Å². The Balaban J connectivity index is 2.92. The molecule has 0 unspecified atom stereocenters. The number of rotatable bonds is 25. The first-order valence-electron chi connectivity index (χ1n) is 13.9. The van der Waals surface area contributed by atoms with E-state index < -0.39 is 21.7 Å². The first-order chi connectivity index (χ1) is 18.4. The summed E-state index contributed by atoms with van der Waals surface area (Å²) in [4.78, 5) is 0. The third kappa shape index (κ3) is 13.0. The van der Waals surface area contributed by atoms with Crippen molar-refractivity contribution in [2.75, 3.05) is 106 Å². The normalized spacial score (nSPS) is 16.5. The summed E-state index contributed by atoms with van der Waals surface area (Å²) < 4.78 is 29.3. The van der Waals surface area contributed by atoms with Gasteiger partial charge in [-0.05, 0) is 12.8 Å². The van der Waals surface area contributed by atoms with Gasteiger partial charge in [-0.1, -0.05) is 34.1 Å². The smallest absolute Gasteiger partial charge is 0.0567 e. The molecule has 0 aromatic carbocycles. The van der Waals surface area contributed by atoms with E-state index >= 15 is 0 Å². The number of aliphatic hydroxyl groups is 6. The maximum Gasteiger partial charge on any atom is 0.0567 e. The Bertz CT molecular complexity index is 569. The van der Waals surface area contributed by atoms with E-state index in [1.54, 1.807) is 20.8 Å². The molecule has 0 saturated carbocycles. The van der Waals surface area contributed by atoms with Crippen molar-refractivity contribution in [3.63, 3.8) is 0 Å². The summed E-state index contributed by atoms with van der Waals surface area (Å²) in [5.74, 6) is 0. The van der Waals surface area contributed by atoms with Crippen LogP contribution in [0, 0.1) is 27.1 Å². The van der Waals surface area contributed by atoms with Crippen LogP contribution in [-0.2, 0) is 23.7 Å². The molecular formula is C28H56O11. The SMILES string of the molecule is CC(CO)(CO)COCC(CCCCOCC1(C)COC1)(COCC(C)(CO)CO)COCC(C)(CO)CO. The van der Waals surface area contributed by atoms with Crippen molar-refractivity contribution in [2.24, 2.45) is 27.1 Å². The highest BCUT2D eigenvalue weighted by Gasteiger charge is 2.36. The first kappa shape index (κ1) is 36.6. The summed E-state index contributed by atoms with van der Waals surface area (Å²) in [5.41, 5.74) is -2.97. The minimum Gasteiger partial charge on any atom is -0.396 e. The number of aliphatic hydroxyl groups excluding tert-OH is 6. The zero-order valence-electron chi connectivity index (χ0n) is 24.7. The first-order valence-corrected chi connectivity index (χ1v) is 13.9. The Labute approximate surface area is 234 Å². The van der Waals surface area contributed by atoms with Gasteiger partial charge >= 0.3 is 0 Å². The van der Waals surface area contributed by atoms with E-state index in [0.717, 1.165) is 12.8 Å². The maximum absolute atomic E-state index is 9.68. The third-order valence-electron chi connectivity index (χ3n) is 7.46. The minimum atomic E-state index is -0.804. The topological polar surface area (TPSA) is 168 Å². The molecule has 1 aliphatic heterocycles. The molecule has 234 valence electrons. The Morgan fingerprint density at radius 1 is 0.590 bits per heavy atom. The fourth-order valence-corrected chi connectivity index (χ4v) is 3.86. The number of ether oxygens (including phenoxy) is 5. The Morgan fingerprint density at radius 2 is 0.974 bits per heavy atom. The van der Waals surface area contributed by atoms with Gasteiger partial charge in [0.1, 0.15) is 0 Å². The van der Waals surface area contributed by atoms with Crippen molar-refractivity contribution >= 4 is 0 Å². The van der Waals surface area contributed by atoms with E-state index in [4.69, 9.17) is 23.7 Å². The van der Waals surface area contributed by atoms with Gasteiger partial charge in [0, 0.05) is 33.7 Å². The number of hydrogen-bond acceptors (Lipinski definition) is 11. The molecule has 0 aliphatic carbocycles. The summed E-state index contributed by atoms with van der Waals surface area (Å²) in [5, 5.41) is 58.1. The lowest BCUT2D eigenvalue weighted by Gasteiger charge is -2.38. The zero-order valence-corrected chi connectivity index (χ0v) is 24.7. The molecule has 1 rings (SSSR count). The molecule has 1 fully saturated rings. The van der Waals surface area contributed by atoms with Gasteiger partial charge in [0.05, 0.1) is 99.1 Å². The van der Waals surface area contributed by atoms with E-state index in [1.165, 1.54) is 0 Å². The van der Waals surface area contributed by atoms with Crippen molar-refractivity contribution < 1.29 is 54.3 Å². The van der Waals surface area contributed by atoms with Crippen molar-refractivity contribution in [3.8, 4) is 0 Å².